The molecule has 3 atom stereocenters. The van der Waals surface area contributed by atoms with Crippen LogP contribution >= 0.6 is 0 Å². The van der Waals surface area contributed by atoms with Crippen LogP contribution in [0.3, 0.4) is 0 Å². The highest BCUT2D eigenvalue weighted by Gasteiger charge is 2.50. The zero-order valence-corrected chi connectivity index (χ0v) is 12.3. The number of esters is 1. The number of ketones is 1. The van der Waals surface area contributed by atoms with Crippen LogP contribution in [0.25, 0.3) is 5.57 Å². The lowest BCUT2D eigenvalue weighted by atomic mass is 9.90. The smallest absolute Gasteiger partial charge is 0.311 e. The highest BCUT2D eigenvalue weighted by molar-refractivity contribution is 6.25. The van der Waals surface area contributed by atoms with Crippen molar-refractivity contribution in [3.63, 3.8) is 0 Å². The van der Waals surface area contributed by atoms with E-state index in [4.69, 9.17) is 4.74 Å². The second kappa shape index (κ2) is 5.45. The number of nitrogens with zero attached hydrogens (tertiary/aromatic N) is 1. The second-order valence-corrected chi connectivity index (χ2v) is 5.58. The zero-order valence-electron chi connectivity index (χ0n) is 12.3. The highest BCUT2D eigenvalue weighted by atomic mass is 16.5. The first-order valence-electron chi connectivity index (χ1n) is 7.33. The van der Waals surface area contributed by atoms with Crippen LogP contribution < -0.4 is 0 Å². The molecular weight excluding hydrogens is 266 g/mol. The fourth-order valence-electron chi connectivity index (χ4n) is 3.36. The molecule has 2 bridgehead atoms. The number of carbonyl (C=O) groups is 2. The Morgan fingerprint density at radius 1 is 1.33 bits per heavy atom. The molecule has 3 rings (SSSR count). The average molecular weight is 285 g/mol. The maximum absolute atomic E-state index is 12.8. The van der Waals surface area contributed by atoms with Gasteiger partial charge in [0.05, 0.1) is 18.6 Å². The minimum Gasteiger partial charge on any atom is -0.466 e. The summed E-state index contributed by atoms with van der Waals surface area (Å²) in [6.45, 7) is 2.14. The van der Waals surface area contributed by atoms with E-state index in [0.717, 1.165) is 11.1 Å². The van der Waals surface area contributed by atoms with Crippen LogP contribution in [0.15, 0.2) is 36.4 Å². The number of hydrogen-bond acceptors (Lipinski definition) is 4. The summed E-state index contributed by atoms with van der Waals surface area (Å²) < 4.78 is 5.13. The van der Waals surface area contributed by atoms with E-state index >= 15 is 0 Å². The minimum atomic E-state index is -0.394. The maximum atomic E-state index is 12.8. The van der Waals surface area contributed by atoms with Crippen molar-refractivity contribution in [1.82, 2.24) is 4.90 Å². The van der Waals surface area contributed by atoms with E-state index in [1.165, 1.54) is 0 Å². The Bertz CT molecular complexity index is 593. The van der Waals surface area contributed by atoms with E-state index in [0.29, 0.717) is 13.0 Å². The summed E-state index contributed by atoms with van der Waals surface area (Å²) in [5.74, 6) is -0.590. The van der Waals surface area contributed by atoms with Gasteiger partial charge in [-0.25, -0.2) is 0 Å². The lowest BCUT2D eigenvalue weighted by Gasteiger charge is -2.30. The van der Waals surface area contributed by atoms with Crippen molar-refractivity contribution in [1.29, 1.82) is 0 Å². The van der Waals surface area contributed by atoms with Gasteiger partial charge >= 0.3 is 5.97 Å². The fraction of sp³-hybridized carbons (Fsp3) is 0.412. The molecule has 0 aromatic heterocycles. The number of fused-ring (bicyclic) bond motifs is 2. The third-order valence-corrected chi connectivity index (χ3v) is 4.41. The minimum absolute atomic E-state index is 0.0236. The van der Waals surface area contributed by atoms with Gasteiger partial charge in [0.25, 0.3) is 0 Å². The van der Waals surface area contributed by atoms with Gasteiger partial charge < -0.3 is 4.74 Å². The van der Waals surface area contributed by atoms with Gasteiger partial charge in [0.15, 0.2) is 5.78 Å². The molecule has 2 aliphatic rings. The Labute approximate surface area is 124 Å². The van der Waals surface area contributed by atoms with Crippen molar-refractivity contribution >= 4 is 17.3 Å². The van der Waals surface area contributed by atoms with Crippen molar-refractivity contribution in [2.24, 2.45) is 5.92 Å². The van der Waals surface area contributed by atoms with Gasteiger partial charge in [-0.2, -0.15) is 0 Å². The van der Waals surface area contributed by atoms with E-state index in [9.17, 15) is 9.59 Å². The summed E-state index contributed by atoms with van der Waals surface area (Å²) in [5, 5.41) is 0. The number of carbonyl (C=O) groups excluding carboxylic acids is 2. The zero-order chi connectivity index (χ0) is 15.0. The Morgan fingerprint density at radius 3 is 2.71 bits per heavy atom. The molecule has 0 N–H and O–H groups in total. The largest absolute Gasteiger partial charge is 0.466 e. The molecule has 4 nitrogen and oxygen atoms in total. The lowest BCUT2D eigenvalue weighted by molar-refractivity contribution is -0.150. The van der Waals surface area contributed by atoms with Gasteiger partial charge in [0.1, 0.15) is 0 Å². The average Bonchev–Trinajstić information content (AvgIpc) is 2.72. The number of ether oxygens (including phenoxy) is 1. The Balaban J connectivity index is 1.93. The van der Waals surface area contributed by atoms with E-state index < -0.39 is 6.04 Å². The summed E-state index contributed by atoms with van der Waals surface area (Å²) in [6, 6.07) is 9.38. The first-order chi connectivity index (χ1) is 10.1. The number of rotatable bonds is 3. The molecule has 4 heteroatoms. The molecule has 1 aromatic rings. The summed E-state index contributed by atoms with van der Waals surface area (Å²) in [6.07, 6.45) is 2.65. The summed E-state index contributed by atoms with van der Waals surface area (Å²) in [4.78, 5) is 26.9. The van der Waals surface area contributed by atoms with Crippen LogP contribution in [0, 0.1) is 5.92 Å². The molecule has 1 aromatic carbocycles. The first-order valence-corrected chi connectivity index (χ1v) is 7.33. The SMILES string of the molecule is CCOC(=O)[C@H]1C[C@@H]2C=C(c3ccccc3)C(=O)[C@@H]1N2C. The molecule has 1 saturated heterocycles. The van der Waals surface area contributed by atoms with E-state index in [1.807, 2.05) is 48.4 Å². The summed E-state index contributed by atoms with van der Waals surface area (Å²) in [7, 11) is 1.91. The Morgan fingerprint density at radius 2 is 2.05 bits per heavy atom. The molecule has 2 heterocycles. The van der Waals surface area contributed by atoms with Crippen LogP contribution in [0.5, 0.6) is 0 Å². The highest BCUT2D eigenvalue weighted by Crippen LogP contribution is 2.39. The van der Waals surface area contributed by atoms with Crippen LogP contribution in [0.4, 0.5) is 0 Å². The molecule has 1 fully saturated rings. The quantitative estimate of drug-likeness (QED) is 0.796. The molecule has 21 heavy (non-hydrogen) atoms. The van der Waals surface area contributed by atoms with Crippen molar-refractivity contribution in [3.05, 3.63) is 42.0 Å². The standard InChI is InChI=1S/C17H19NO3/c1-3-21-17(20)14-10-12-9-13(11-7-5-4-6-8-11)16(19)15(14)18(12)2/h4-9,12,14-15H,3,10H2,1-2H3/t12-,14-,15+/m0/s1. The monoisotopic (exact) mass is 285 g/mol. The van der Waals surface area contributed by atoms with Crippen LogP contribution in [0.1, 0.15) is 18.9 Å². The number of benzene rings is 1. The van der Waals surface area contributed by atoms with Gasteiger partial charge in [-0.05, 0) is 26.0 Å². The second-order valence-electron chi connectivity index (χ2n) is 5.58. The van der Waals surface area contributed by atoms with E-state index in [2.05, 4.69) is 0 Å². The first kappa shape index (κ1) is 14.0. The fourth-order valence-corrected chi connectivity index (χ4v) is 3.36. The van der Waals surface area contributed by atoms with E-state index in [1.54, 1.807) is 6.92 Å². The predicted octanol–water partition coefficient (Wildman–Crippen LogP) is 1.90. The van der Waals surface area contributed by atoms with Crippen LogP contribution in [0.2, 0.25) is 0 Å². The Kier molecular flexibility index (Phi) is 3.64. The normalized spacial score (nSPS) is 28.4. The van der Waals surface area contributed by atoms with Crippen molar-refractivity contribution in [2.45, 2.75) is 25.4 Å². The van der Waals surface area contributed by atoms with Crippen molar-refractivity contribution in [2.75, 3.05) is 13.7 Å². The van der Waals surface area contributed by atoms with Gasteiger partial charge in [0.2, 0.25) is 0 Å². The van der Waals surface area contributed by atoms with E-state index in [-0.39, 0.29) is 23.7 Å². The molecule has 0 aliphatic carbocycles. The van der Waals surface area contributed by atoms with Crippen LogP contribution in [-0.2, 0) is 14.3 Å². The third kappa shape index (κ3) is 2.29. The predicted molar refractivity (Wildman–Crippen MR) is 79.5 cm³/mol. The topological polar surface area (TPSA) is 46.6 Å². The van der Waals surface area contributed by atoms with Gasteiger partial charge in [-0.1, -0.05) is 36.4 Å². The molecule has 2 aliphatic heterocycles. The summed E-state index contributed by atoms with van der Waals surface area (Å²) >= 11 is 0. The number of hydrogen-bond donors (Lipinski definition) is 0. The third-order valence-electron chi connectivity index (χ3n) is 4.41. The molecular formula is C17H19NO3. The molecule has 0 amide bonds. The maximum Gasteiger partial charge on any atom is 0.311 e. The molecule has 0 spiro atoms. The Hall–Kier alpha value is -1.94. The van der Waals surface area contributed by atoms with Gasteiger partial charge in [0, 0.05) is 11.6 Å². The molecule has 0 unspecified atom stereocenters. The van der Waals surface area contributed by atoms with Gasteiger partial charge in [-0.3, -0.25) is 14.5 Å². The molecule has 0 radical (unpaired) electrons. The number of Topliss-reactive ketones (excluding diaryl/α,β-unsaturated/α-hetero) is 1. The molecule has 110 valence electrons. The number of likely N-dealkylation sites (N-methyl/N-ethyl adjacent to an activating group) is 1. The lowest BCUT2D eigenvalue weighted by Crippen LogP contribution is -2.45. The van der Waals surface area contributed by atoms with Gasteiger partial charge in [-0.15, -0.1) is 0 Å². The summed E-state index contributed by atoms with van der Waals surface area (Å²) in [5.41, 5.74) is 1.66. The molecule has 0 saturated carbocycles. The van der Waals surface area contributed by atoms with Crippen molar-refractivity contribution in [3.8, 4) is 0 Å². The van der Waals surface area contributed by atoms with Crippen LogP contribution in [-0.4, -0.2) is 42.4 Å². The van der Waals surface area contributed by atoms with Crippen molar-refractivity contribution < 1.29 is 14.3 Å².